The third-order valence-corrected chi connectivity index (χ3v) is 5.20. The van der Waals surface area contributed by atoms with Crippen LogP contribution in [0, 0.1) is 18.7 Å². The number of aromatic amines is 1. The molecule has 3 heterocycles. The Morgan fingerprint density at radius 2 is 1.94 bits per heavy atom. The van der Waals surface area contributed by atoms with Crippen molar-refractivity contribution < 1.29 is 18.6 Å². The van der Waals surface area contributed by atoms with Crippen LogP contribution in [0.25, 0.3) is 10.9 Å². The fourth-order valence-electron chi connectivity index (χ4n) is 3.39. The molecule has 3 aromatic rings. The zero-order chi connectivity index (χ0) is 22.2. The standard InChI is InChI=1S/C22H23FN2O4.C2H6/c1-14-20(25-19-3-2-16(23)10-18(19)22(14)26)13-29-21-11-17(4-7-24-21)28-12-15-5-8-27-9-6-15;1-2/h2-4,7,10-11,15H,5-6,8-9,12-13H2,1H3,(H,25,26);1-2H3. The third kappa shape index (κ3) is 5.82. The summed E-state index contributed by atoms with van der Waals surface area (Å²) in [6.45, 7) is 8.05. The van der Waals surface area contributed by atoms with Crippen molar-refractivity contribution in [3.8, 4) is 11.6 Å². The number of hydrogen-bond donors (Lipinski definition) is 1. The van der Waals surface area contributed by atoms with Crippen LogP contribution in [0.2, 0.25) is 0 Å². The molecule has 0 aliphatic carbocycles. The van der Waals surface area contributed by atoms with Crippen molar-refractivity contribution in [1.29, 1.82) is 0 Å². The Kier molecular flexibility index (Phi) is 8.00. The Balaban J connectivity index is 0.00000132. The van der Waals surface area contributed by atoms with Gasteiger partial charge in [0.1, 0.15) is 18.2 Å². The molecule has 1 fully saturated rings. The van der Waals surface area contributed by atoms with Crippen LogP contribution in [0.3, 0.4) is 0 Å². The predicted molar refractivity (Wildman–Crippen MR) is 118 cm³/mol. The molecule has 0 spiro atoms. The van der Waals surface area contributed by atoms with Gasteiger partial charge in [0.05, 0.1) is 12.3 Å². The van der Waals surface area contributed by atoms with Crippen LogP contribution in [0.15, 0.2) is 41.3 Å². The summed E-state index contributed by atoms with van der Waals surface area (Å²) in [5, 5.41) is 0.327. The highest BCUT2D eigenvalue weighted by Crippen LogP contribution is 2.21. The van der Waals surface area contributed by atoms with E-state index in [-0.39, 0.29) is 12.0 Å². The van der Waals surface area contributed by atoms with Crippen molar-refractivity contribution in [2.75, 3.05) is 19.8 Å². The second kappa shape index (κ2) is 10.9. The molecule has 4 rings (SSSR count). The summed E-state index contributed by atoms with van der Waals surface area (Å²) in [5.41, 5.74) is 1.49. The van der Waals surface area contributed by atoms with Crippen molar-refractivity contribution >= 4 is 10.9 Å². The Labute approximate surface area is 181 Å². The minimum atomic E-state index is -0.437. The lowest BCUT2D eigenvalue weighted by Crippen LogP contribution is -2.21. The van der Waals surface area contributed by atoms with Crippen molar-refractivity contribution in [3.63, 3.8) is 0 Å². The fraction of sp³-hybridized carbons (Fsp3) is 0.417. The number of benzene rings is 1. The first kappa shape index (κ1) is 22.7. The highest BCUT2D eigenvalue weighted by atomic mass is 19.1. The zero-order valence-electron chi connectivity index (χ0n) is 18.2. The van der Waals surface area contributed by atoms with Gasteiger partial charge in [-0.3, -0.25) is 4.79 Å². The predicted octanol–water partition coefficient (Wildman–Crippen LogP) is 4.78. The van der Waals surface area contributed by atoms with E-state index in [0.717, 1.165) is 26.1 Å². The van der Waals surface area contributed by atoms with E-state index in [4.69, 9.17) is 14.2 Å². The normalized spacial score (nSPS) is 14.1. The number of aromatic nitrogens is 2. The summed E-state index contributed by atoms with van der Waals surface area (Å²) < 4.78 is 30.5. The Morgan fingerprint density at radius 3 is 2.71 bits per heavy atom. The van der Waals surface area contributed by atoms with Gasteiger partial charge in [0.15, 0.2) is 5.43 Å². The number of nitrogens with zero attached hydrogens (tertiary/aromatic N) is 1. The van der Waals surface area contributed by atoms with Gasteiger partial charge in [-0.15, -0.1) is 0 Å². The number of nitrogens with one attached hydrogen (secondary N) is 1. The van der Waals surface area contributed by atoms with Gasteiger partial charge in [-0.25, -0.2) is 9.37 Å². The first-order valence-corrected chi connectivity index (χ1v) is 10.7. The molecule has 166 valence electrons. The largest absolute Gasteiger partial charge is 0.493 e. The number of ether oxygens (including phenoxy) is 3. The van der Waals surface area contributed by atoms with Gasteiger partial charge in [0.2, 0.25) is 5.88 Å². The lowest BCUT2D eigenvalue weighted by Gasteiger charge is -2.22. The van der Waals surface area contributed by atoms with Crippen molar-refractivity contribution in [1.82, 2.24) is 9.97 Å². The van der Waals surface area contributed by atoms with Crippen molar-refractivity contribution in [3.05, 3.63) is 63.8 Å². The summed E-state index contributed by atoms with van der Waals surface area (Å²) >= 11 is 0. The number of pyridine rings is 2. The Bertz CT molecular complexity index is 1060. The molecule has 0 saturated carbocycles. The Hall–Kier alpha value is -2.93. The summed E-state index contributed by atoms with van der Waals surface area (Å²) in [5.74, 6) is 1.17. The van der Waals surface area contributed by atoms with E-state index in [0.29, 0.717) is 46.3 Å². The first-order chi connectivity index (χ1) is 15.1. The summed E-state index contributed by atoms with van der Waals surface area (Å²) in [6.07, 6.45) is 3.65. The van der Waals surface area contributed by atoms with E-state index in [1.807, 2.05) is 13.8 Å². The third-order valence-electron chi connectivity index (χ3n) is 5.20. The van der Waals surface area contributed by atoms with Crippen LogP contribution in [-0.4, -0.2) is 29.8 Å². The molecule has 0 atom stereocenters. The average Bonchev–Trinajstić information content (AvgIpc) is 2.82. The van der Waals surface area contributed by atoms with Gasteiger partial charge in [-0.1, -0.05) is 13.8 Å². The molecule has 6 nitrogen and oxygen atoms in total. The van der Waals surface area contributed by atoms with Crippen LogP contribution in [0.5, 0.6) is 11.6 Å². The van der Waals surface area contributed by atoms with E-state index >= 15 is 0 Å². The molecule has 0 unspecified atom stereocenters. The molecule has 0 amide bonds. The van der Waals surface area contributed by atoms with Crippen LogP contribution in [0.1, 0.15) is 37.9 Å². The molecule has 0 bridgehead atoms. The molecule has 7 heteroatoms. The minimum absolute atomic E-state index is 0.144. The molecular formula is C24H29FN2O4. The smallest absolute Gasteiger partial charge is 0.217 e. The SMILES string of the molecule is CC.Cc1c(COc2cc(OCC3CCOCC3)ccn2)[nH]c2ccc(F)cc2c1=O. The van der Waals surface area contributed by atoms with E-state index in [1.54, 1.807) is 31.3 Å². The summed E-state index contributed by atoms with van der Waals surface area (Å²) in [6, 6.07) is 7.65. The summed E-state index contributed by atoms with van der Waals surface area (Å²) in [7, 11) is 0. The zero-order valence-corrected chi connectivity index (χ0v) is 18.2. The number of hydrogen-bond acceptors (Lipinski definition) is 5. The number of fused-ring (bicyclic) bond motifs is 1. The van der Waals surface area contributed by atoms with Gasteiger partial charge < -0.3 is 19.2 Å². The van der Waals surface area contributed by atoms with E-state index in [9.17, 15) is 9.18 Å². The maximum absolute atomic E-state index is 13.4. The van der Waals surface area contributed by atoms with E-state index in [2.05, 4.69) is 9.97 Å². The van der Waals surface area contributed by atoms with Gasteiger partial charge in [0.25, 0.3) is 0 Å². The van der Waals surface area contributed by atoms with Crippen molar-refractivity contribution in [2.24, 2.45) is 5.92 Å². The van der Waals surface area contributed by atoms with E-state index < -0.39 is 5.82 Å². The van der Waals surface area contributed by atoms with Crippen LogP contribution >= 0.6 is 0 Å². The quantitative estimate of drug-likeness (QED) is 0.612. The highest BCUT2D eigenvalue weighted by molar-refractivity contribution is 5.79. The monoisotopic (exact) mass is 428 g/mol. The molecule has 0 radical (unpaired) electrons. The maximum Gasteiger partial charge on any atom is 0.217 e. The van der Waals surface area contributed by atoms with Gasteiger partial charge in [0, 0.05) is 41.9 Å². The Morgan fingerprint density at radius 1 is 1.16 bits per heavy atom. The molecular weight excluding hydrogens is 399 g/mol. The van der Waals surface area contributed by atoms with E-state index in [1.165, 1.54) is 12.1 Å². The molecule has 1 N–H and O–H groups in total. The molecule has 2 aromatic heterocycles. The van der Waals surface area contributed by atoms with Crippen LogP contribution < -0.4 is 14.9 Å². The first-order valence-electron chi connectivity index (χ1n) is 10.7. The topological polar surface area (TPSA) is 73.4 Å². The fourth-order valence-corrected chi connectivity index (χ4v) is 3.39. The van der Waals surface area contributed by atoms with Crippen LogP contribution in [0.4, 0.5) is 4.39 Å². The van der Waals surface area contributed by atoms with Crippen molar-refractivity contribution in [2.45, 2.75) is 40.2 Å². The molecule has 1 saturated heterocycles. The van der Waals surface area contributed by atoms with Gasteiger partial charge in [-0.2, -0.15) is 0 Å². The number of H-pyrrole nitrogens is 1. The average molecular weight is 429 g/mol. The molecule has 1 aromatic carbocycles. The lowest BCUT2D eigenvalue weighted by atomic mass is 10.0. The second-order valence-electron chi connectivity index (χ2n) is 7.23. The van der Waals surface area contributed by atoms with Gasteiger partial charge in [-0.05, 0) is 49.9 Å². The summed E-state index contributed by atoms with van der Waals surface area (Å²) in [4.78, 5) is 19.9. The highest BCUT2D eigenvalue weighted by Gasteiger charge is 2.15. The lowest BCUT2D eigenvalue weighted by molar-refractivity contribution is 0.0497. The van der Waals surface area contributed by atoms with Crippen LogP contribution in [-0.2, 0) is 11.3 Å². The number of halogens is 1. The maximum atomic E-state index is 13.4. The number of rotatable bonds is 6. The molecule has 1 aliphatic rings. The van der Waals surface area contributed by atoms with Gasteiger partial charge >= 0.3 is 0 Å². The molecule has 1 aliphatic heterocycles. The second-order valence-corrected chi connectivity index (χ2v) is 7.23. The minimum Gasteiger partial charge on any atom is -0.493 e. The molecule has 31 heavy (non-hydrogen) atoms.